The van der Waals surface area contributed by atoms with Gasteiger partial charge in [-0.15, -0.1) is 0 Å². The van der Waals surface area contributed by atoms with E-state index in [-0.39, 0.29) is 59.6 Å². The third-order valence-corrected chi connectivity index (χ3v) is 7.32. The van der Waals surface area contributed by atoms with Crippen molar-refractivity contribution in [1.82, 2.24) is 19.6 Å². The molecular formula is C33H26BF18N9NaO3. The predicted octanol–water partition coefficient (Wildman–Crippen LogP) is 5.91. The number of aldehydes is 1. The molecule has 32 heteroatoms. The number of benzene rings is 2. The fourth-order valence-electron chi connectivity index (χ4n) is 4.69. The van der Waals surface area contributed by atoms with E-state index in [4.69, 9.17) is 22.4 Å². The number of nitrogens with two attached hydrogens (primary N) is 1. The molecule has 0 saturated heterocycles. The van der Waals surface area contributed by atoms with Crippen LogP contribution in [0.25, 0.3) is 0 Å². The number of amides is 2. The molecule has 2 aromatic carbocycles. The van der Waals surface area contributed by atoms with E-state index in [2.05, 4.69) is 15.5 Å². The van der Waals surface area contributed by atoms with Crippen molar-refractivity contribution in [3.05, 3.63) is 88.2 Å². The van der Waals surface area contributed by atoms with Gasteiger partial charge in [0.05, 0.1) is 22.5 Å². The van der Waals surface area contributed by atoms with E-state index in [9.17, 15) is 88.6 Å². The Kier molecular flexibility index (Phi) is 21.8. The van der Waals surface area contributed by atoms with Gasteiger partial charge < -0.3 is 38.3 Å². The van der Waals surface area contributed by atoms with Crippen molar-refractivity contribution < 1.29 is 123 Å². The first kappa shape index (κ1) is 61.5. The zero-order chi connectivity index (χ0) is 49.4. The van der Waals surface area contributed by atoms with Crippen molar-refractivity contribution in [2.24, 2.45) is 14.1 Å². The summed E-state index contributed by atoms with van der Waals surface area (Å²) in [4.78, 5) is 33.1. The first-order valence-corrected chi connectivity index (χ1v) is 16.1. The summed E-state index contributed by atoms with van der Waals surface area (Å²) in [6.45, 7) is 8.03. The quantitative estimate of drug-likeness (QED) is 0.0556. The maximum atomic E-state index is 14.4. The van der Waals surface area contributed by atoms with Crippen LogP contribution in [0.1, 0.15) is 57.1 Å². The van der Waals surface area contributed by atoms with E-state index in [1.807, 2.05) is 0 Å². The molecule has 0 aliphatic carbocycles. The van der Waals surface area contributed by atoms with Gasteiger partial charge in [-0.2, -0.15) is 80.4 Å². The Morgan fingerprint density at radius 1 is 0.692 bits per heavy atom. The molecule has 12 nitrogen and oxygen atoms in total. The molecule has 351 valence electrons. The molecule has 0 saturated carbocycles. The number of alkyl halides is 16. The Hall–Kier alpha value is -5.64. The molecule has 0 atom stereocenters. The van der Waals surface area contributed by atoms with E-state index >= 15 is 0 Å². The summed E-state index contributed by atoms with van der Waals surface area (Å²) in [7, 11) is 1.21. The summed E-state index contributed by atoms with van der Waals surface area (Å²) in [5.74, 6) is -20.5. The van der Waals surface area contributed by atoms with Crippen LogP contribution >= 0.6 is 0 Å². The molecule has 0 aliphatic heterocycles. The predicted molar refractivity (Wildman–Crippen MR) is 186 cm³/mol. The SMILES string of the molecule is CC=O.CCNc1cccc(C(=O)Nc2c(C(F)(F)F)c(C(F)(F)C(F)(F)F)nn2C)c1F.Cn1nc(C(F)(F)C(F)(F)F)c(C(F)(F)F)c1NC(=O)c1cccc(N)c1F.[B].[C-]#N.[Na+]. The standard InChI is InChI=1S/C16H13F9N4O.C14H9F9N4O.C2H4O.CN.B.Na/c1-3-26-8-6-4-5-7(10(8)17)13(30)27-12-9(15(20,21)22)11(28-29(12)2)14(18,19)16(23,24)25;1-27-10(25-11(28)5-3-2-4-6(24)8(5)15)7(13(18,19)20)9(26-27)12(16,17)14(21,22)23;1-2-3;1-2;;/h4-6,26H,3H2,1-2H3,(H,27,30);2-4H,24H2,1H3,(H,25,28);2H,1H3;;;/q;;;-1;;+1. The second-order valence-corrected chi connectivity index (χ2v) is 11.6. The number of rotatable bonds is 8. The molecule has 0 spiro atoms. The maximum absolute atomic E-state index is 14.4. The molecule has 2 amide bonds. The van der Waals surface area contributed by atoms with E-state index < -0.39 is 111 Å². The third kappa shape index (κ3) is 13.9. The van der Waals surface area contributed by atoms with Gasteiger partial charge in [0.15, 0.2) is 23.0 Å². The number of halogens is 18. The minimum atomic E-state index is -6.39. The summed E-state index contributed by atoms with van der Waals surface area (Å²) in [6.07, 6.45) is -23.5. The topological polar surface area (TPSA) is 173 Å². The monoisotopic (exact) mass is 972 g/mol. The zero-order valence-electron chi connectivity index (χ0n) is 33.2. The van der Waals surface area contributed by atoms with Crippen LogP contribution in [0.4, 0.5) is 102 Å². The van der Waals surface area contributed by atoms with Crippen molar-refractivity contribution in [1.29, 1.82) is 5.26 Å². The van der Waals surface area contributed by atoms with Gasteiger partial charge in [0.2, 0.25) is 0 Å². The van der Waals surface area contributed by atoms with Crippen LogP contribution in [0.3, 0.4) is 0 Å². The van der Waals surface area contributed by atoms with Crippen LogP contribution in [0.2, 0.25) is 0 Å². The van der Waals surface area contributed by atoms with Crippen LogP contribution in [-0.4, -0.2) is 65.0 Å². The first-order chi connectivity index (χ1) is 28.6. The maximum Gasteiger partial charge on any atom is 1.00 e. The van der Waals surface area contributed by atoms with Crippen LogP contribution in [0.15, 0.2) is 36.4 Å². The average molecular weight is 972 g/mol. The second-order valence-electron chi connectivity index (χ2n) is 11.6. The van der Waals surface area contributed by atoms with Crippen molar-refractivity contribution in [3.8, 4) is 0 Å². The van der Waals surface area contributed by atoms with Gasteiger partial charge in [0, 0.05) is 29.1 Å². The molecule has 0 bridgehead atoms. The van der Waals surface area contributed by atoms with Crippen molar-refractivity contribution >= 4 is 49.5 Å². The van der Waals surface area contributed by atoms with E-state index in [1.54, 1.807) is 6.92 Å². The summed E-state index contributed by atoms with van der Waals surface area (Å²) in [5.41, 5.74) is -7.44. The smallest absolute Gasteiger partial charge is 0.512 e. The Morgan fingerprint density at radius 3 is 1.32 bits per heavy atom. The van der Waals surface area contributed by atoms with Crippen molar-refractivity contribution in [2.45, 2.75) is 50.4 Å². The summed E-state index contributed by atoms with van der Waals surface area (Å²) < 4.78 is 238. The van der Waals surface area contributed by atoms with Gasteiger partial charge in [-0.3, -0.25) is 19.0 Å². The summed E-state index contributed by atoms with van der Waals surface area (Å²) in [6, 6.07) is 6.22. The Balaban J connectivity index is 0. The van der Waals surface area contributed by atoms with Crippen molar-refractivity contribution in [3.63, 3.8) is 0 Å². The molecule has 5 N–H and O–H groups in total. The average Bonchev–Trinajstić information content (AvgIpc) is 3.67. The van der Waals surface area contributed by atoms with Gasteiger partial charge in [-0.25, -0.2) is 8.78 Å². The molecule has 2 heterocycles. The zero-order valence-corrected chi connectivity index (χ0v) is 35.2. The fourth-order valence-corrected chi connectivity index (χ4v) is 4.69. The third-order valence-electron chi connectivity index (χ3n) is 7.32. The van der Waals surface area contributed by atoms with Gasteiger partial charge in [0.1, 0.15) is 29.0 Å². The Bertz CT molecular complexity index is 2290. The van der Waals surface area contributed by atoms with Gasteiger partial charge in [0.25, 0.3) is 11.8 Å². The van der Waals surface area contributed by atoms with Crippen LogP contribution in [-0.2, 0) is 43.1 Å². The molecular weight excluding hydrogens is 946 g/mol. The normalized spacial score (nSPS) is 11.7. The number of anilines is 4. The van der Waals surface area contributed by atoms with Crippen LogP contribution in [0.5, 0.6) is 0 Å². The molecule has 0 unspecified atom stereocenters. The van der Waals surface area contributed by atoms with Crippen molar-refractivity contribution in [2.75, 3.05) is 28.2 Å². The fraction of sp³-hybridized carbons (Fsp3) is 0.333. The Morgan fingerprint density at radius 2 is 1.02 bits per heavy atom. The van der Waals surface area contributed by atoms with Crippen LogP contribution in [0, 0.1) is 23.5 Å². The van der Waals surface area contributed by atoms with E-state index in [0.29, 0.717) is 14.1 Å². The number of carbonyl (C=O) groups is 3. The molecule has 4 aromatic rings. The Labute approximate surface area is 377 Å². The molecule has 0 fully saturated rings. The molecule has 4 rings (SSSR count). The number of nitrogens with one attached hydrogen (secondary N) is 3. The number of aryl methyl sites for hydroxylation is 2. The number of hydrogen-bond acceptors (Lipinski definition) is 8. The van der Waals surface area contributed by atoms with E-state index in [1.165, 1.54) is 29.7 Å². The van der Waals surface area contributed by atoms with E-state index in [0.717, 1.165) is 30.6 Å². The molecule has 0 aliphatic rings. The number of carbonyl (C=O) groups excluding carboxylic acids is 3. The number of aromatic nitrogens is 4. The molecule has 65 heavy (non-hydrogen) atoms. The summed E-state index contributed by atoms with van der Waals surface area (Å²) in [5, 5.41) is 17.0. The number of hydrogen-bond donors (Lipinski definition) is 4. The largest absolute Gasteiger partial charge is 1.00 e. The van der Waals surface area contributed by atoms with Crippen LogP contribution < -0.4 is 51.2 Å². The minimum Gasteiger partial charge on any atom is -0.512 e. The number of nitrogens with zero attached hydrogens (tertiary/aromatic N) is 5. The van der Waals surface area contributed by atoms with Gasteiger partial charge in [-0.05, 0) is 38.1 Å². The number of nitrogen functional groups attached to an aromatic ring is 1. The van der Waals surface area contributed by atoms with Gasteiger partial charge in [-0.1, -0.05) is 12.1 Å². The minimum absolute atomic E-state index is 0. The second kappa shape index (κ2) is 23.0. The first-order valence-electron chi connectivity index (χ1n) is 16.1. The van der Waals surface area contributed by atoms with Gasteiger partial charge >= 0.3 is 66.1 Å². The summed E-state index contributed by atoms with van der Waals surface area (Å²) >= 11 is 0. The molecule has 3 radical (unpaired) electrons. The molecule has 2 aromatic heterocycles.